The maximum absolute atomic E-state index is 10.7. The Morgan fingerprint density at radius 1 is 1.40 bits per heavy atom. The Balaban J connectivity index is 2.67. The first-order valence-electron chi connectivity index (χ1n) is 4.14. The number of aromatic carboxylic acids is 1. The molecule has 0 bridgehead atoms. The number of aromatic nitrogens is 1. The molecule has 15 heavy (non-hydrogen) atoms. The van der Waals surface area contributed by atoms with Crippen LogP contribution in [-0.2, 0) is 4.79 Å². The second-order valence-corrected chi connectivity index (χ2v) is 3.74. The molecule has 5 nitrogen and oxygen atoms in total. The van der Waals surface area contributed by atoms with E-state index < -0.39 is 11.9 Å². The van der Waals surface area contributed by atoms with Crippen molar-refractivity contribution < 1.29 is 19.8 Å². The summed E-state index contributed by atoms with van der Waals surface area (Å²) in [4.78, 5) is 24.9. The van der Waals surface area contributed by atoms with Crippen LogP contribution in [0, 0.1) is 0 Å². The first-order valence-corrected chi connectivity index (χ1v) is 5.12. The molecule has 1 aromatic rings. The highest BCUT2D eigenvalue weighted by atomic mass is 32.2. The molecule has 6 heteroatoms. The van der Waals surface area contributed by atoms with Gasteiger partial charge in [-0.3, -0.25) is 4.79 Å². The lowest BCUT2D eigenvalue weighted by molar-refractivity contribution is -0.136. The number of carboxylic acids is 2. The second kappa shape index (κ2) is 5.35. The van der Waals surface area contributed by atoms with Gasteiger partial charge in [-0.05, 0) is 12.1 Å². The number of hydrogen-bond donors (Lipinski definition) is 2. The Morgan fingerprint density at radius 3 is 2.73 bits per heavy atom. The zero-order valence-electron chi connectivity index (χ0n) is 7.71. The molecule has 0 unspecified atom stereocenters. The molecule has 0 spiro atoms. The van der Waals surface area contributed by atoms with Crippen molar-refractivity contribution in [3.05, 3.63) is 23.9 Å². The van der Waals surface area contributed by atoms with Gasteiger partial charge in [0, 0.05) is 11.9 Å². The summed E-state index contributed by atoms with van der Waals surface area (Å²) in [5.74, 6) is -1.65. The fourth-order valence-electron chi connectivity index (χ4n) is 0.904. The molecule has 0 saturated heterocycles. The maximum atomic E-state index is 10.7. The van der Waals surface area contributed by atoms with Crippen molar-refractivity contribution in [2.45, 2.75) is 11.4 Å². The number of aliphatic carboxylic acids is 1. The molecule has 0 amide bonds. The third-order valence-electron chi connectivity index (χ3n) is 1.56. The van der Waals surface area contributed by atoms with Crippen LogP contribution in [0.1, 0.15) is 16.8 Å². The number of pyridine rings is 1. The SMILES string of the molecule is O=C(O)CCSc1ncccc1C(=O)O. The van der Waals surface area contributed by atoms with Gasteiger partial charge < -0.3 is 10.2 Å². The standard InChI is InChI=1S/C9H9NO4S/c11-7(12)3-5-15-8-6(9(13)14)2-1-4-10-8/h1-2,4H,3,5H2,(H,11,12)(H,13,14). The first-order chi connectivity index (χ1) is 7.11. The summed E-state index contributed by atoms with van der Waals surface area (Å²) in [7, 11) is 0. The lowest BCUT2D eigenvalue weighted by Gasteiger charge is -2.02. The van der Waals surface area contributed by atoms with Gasteiger partial charge in [0.25, 0.3) is 0 Å². The molecule has 1 aromatic heterocycles. The minimum Gasteiger partial charge on any atom is -0.481 e. The van der Waals surface area contributed by atoms with Gasteiger partial charge in [-0.25, -0.2) is 9.78 Å². The van der Waals surface area contributed by atoms with Crippen molar-refractivity contribution in [1.29, 1.82) is 0 Å². The van der Waals surface area contributed by atoms with Crippen molar-refractivity contribution in [2.75, 3.05) is 5.75 Å². The van der Waals surface area contributed by atoms with Crippen LogP contribution in [0.5, 0.6) is 0 Å². The average Bonchev–Trinajstić information content (AvgIpc) is 2.17. The highest BCUT2D eigenvalue weighted by Crippen LogP contribution is 2.20. The lowest BCUT2D eigenvalue weighted by atomic mass is 10.3. The zero-order valence-corrected chi connectivity index (χ0v) is 8.53. The van der Waals surface area contributed by atoms with E-state index in [1.54, 1.807) is 0 Å². The molecule has 2 N–H and O–H groups in total. The molecule has 1 rings (SSSR count). The van der Waals surface area contributed by atoms with Crippen molar-refractivity contribution in [2.24, 2.45) is 0 Å². The van der Waals surface area contributed by atoms with Gasteiger partial charge in [0.15, 0.2) is 0 Å². The predicted molar refractivity (Wildman–Crippen MR) is 54.2 cm³/mol. The Morgan fingerprint density at radius 2 is 2.13 bits per heavy atom. The van der Waals surface area contributed by atoms with E-state index in [1.165, 1.54) is 18.3 Å². The van der Waals surface area contributed by atoms with Crippen molar-refractivity contribution in [3.63, 3.8) is 0 Å². The molecule has 0 aromatic carbocycles. The van der Waals surface area contributed by atoms with E-state index in [9.17, 15) is 9.59 Å². The second-order valence-electron chi connectivity index (χ2n) is 2.65. The molecule has 0 aliphatic heterocycles. The summed E-state index contributed by atoms with van der Waals surface area (Å²) < 4.78 is 0. The monoisotopic (exact) mass is 227 g/mol. The highest BCUT2D eigenvalue weighted by Gasteiger charge is 2.11. The van der Waals surface area contributed by atoms with Crippen LogP contribution in [-0.4, -0.2) is 32.9 Å². The number of rotatable bonds is 5. The third kappa shape index (κ3) is 3.59. The highest BCUT2D eigenvalue weighted by molar-refractivity contribution is 7.99. The maximum Gasteiger partial charge on any atom is 0.338 e. The Labute approximate surface area is 90.1 Å². The number of carboxylic acid groups (broad SMARTS) is 2. The van der Waals surface area contributed by atoms with E-state index in [0.29, 0.717) is 10.8 Å². The van der Waals surface area contributed by atoms with Gasteiger partial charge in [0.1, 0.15) is 5.03 Å². The fourth-order valence-corrected chi connectivity index (χ4v) is 1.82. The van der Waals surface area contributed by atoms with Crippen LogP contribution >= 0.6 is 11.8 Å². The number of hydrogen-bond acceptors (Lipinski definition) is 4. The number of nitrogens with zero attached hydrogens (tertiary/aromatic N) is 1. The predicted octanol–water partition coefficient (Wildman–Crippen LogP) is 1.35. The number of thioether (sulfide) groups is 1. The van der Waals surface area contributed by atoms with Crippen LogP contribution in [0.15, 0.2) is 23.4 Å². The van der Waals surface area contributed by atoms with Crippen LogP contribution in [0.2, 0.25) is 0 Å². The van der Waals surface area contributed by atoms with Gasteiger partial charge >= 0.3 is 11.9 Å². The molecule has 0 aliphatic rings. The van der Waals surface area contributed by atoms with Crippen molar-refractivity contribution >= 4 is 23.7 Å². The summed E-state index contributed by atoms with van der Waals surface area (Å²) in [5.41, 5.74) is 0.105. The molecular weight excluding hydrogens is 218 g/mol. The van der Waals surface area contributed by atoms with Gasteiger partial charge in [0.2, 0.25) is 0 Å². The summed E-state index contributed by atoms with van der Waals surface area (Å²) in [6, 6.07) is 2.98. The van der Waals surface area contributed by atoms with E-state index in [4.69, 9.17) is 10.2 Å². The van der Waals surface area contributed by atoms with E-state index in [0.717, 1.165) is 11.8 Å². The Bertz CT molecular complexity index is 380. The van der Waals surface area contributed by atoms with Gasteiger partial charge in [-0.1, -0.05) is 0 Å². The Kier molecular flexibility index (Phi) is 4.11. The smallest absolute Gasteiger partial charge is 0.338 e. The molecule has 0 saturated carbocycles. The molecule has 0 fully saturated rings. The zero-order chi connectivity index (χ0) is 11.3. The van der Waals surface area contributed by atoms with Crippen LogP contribution < -0.4 is 0 Å². The lowest BCUT2D eigenvalue weighted by Crippen LogP contribution is -2.02. The normalized spacial score (nSPS) is 9.87. The molecule has 0 aliphatic carbocycles. The summed E-state index contributed by atoms with van der Waals surface area (Å²) in [6.07, 6.45) is 1.47. The van der Waals surface area contributed by atoms with E-state index in [1.807, 2.05) is 0 Å². The molecule has 80 valence electrons. The van der Waals surface area contributed by atoms with Gasteiger partial charge in [-0.15, -0.1) is 11.8 Å². The molecule has 0 atom stereocenters. The van der Waals surface area contributed by atoms with Crippen LogP contribution in [0.4, 0.5) is 0 Å². The van der Waals surface area contributed by atoms with Gasteiger partial charge in [-0.2, -0.15) is 0 Å². The first kappa shape index (κ1) is 11.5. The topological polar surface area (TPSA) is 87.5 Å². The largest absolute Gasteiger partial charge is 0.481 e. The van der Waals surface area contributed by atoms with Gasteiger partial charge in [0.05, 0.1) is 12.0 Å². The molecule has 1 heterocycles. The fraction of sp³-hybridized carbons (Fsp3) is 0.222. The summed E-state index contributed by atoms with van der Waals surface area (Å²) in [5, 5.41) is 17.6. The minimum absolute atomic E-state index is 0.0136. The van der Waals surface area contributed by atoms with E-state index in [2.05, 4.69) is 4.98 Å². The molecular formula is C9H9NO4S. The average molecular weight is 227 g/mol. The summed E-state index contributed by atoms with van der Waals surface area (Å²) in [6.45, 7) is 0. The third-order valence-corrected chi connectivity index (χ3v) is 2.56. The van der Waals surface area contributed by atoms with Crippen LogP contribution in [0.25, 0.3) is 0 Å². The number of carbonyl (C=O) groups is 2. The van der Waals surface area contributed by atoms with Crippen molar-refractivity contribution in [3.8, 4) is 0 Å². The van der Waals surface area contributed by atoms with Crippen molar-refractivity contribution in [1.82, 2.24) is 4.98 Å². The molecule has 0 radical (unpaired) electrons. The minimum atomic E-state index is -1.05. The van der Waals surface area contributed by atoms with E-state index in [-0.39, 0.29) is 12.0 Å². The van der Waals surface area contributed by atoms with E-state index >= 15 is 0 Å². The Hall–Kier alpha value is -1.56. The quantitative estimate of drug-likeness (QED) is 0.738. The summed E-state index contributed by atoms with van der Waals surface area (Å²) >= 11 is 1.13. The van der Waals surface area contributed by atoms with Crippen LogP contribution in [0.3, 0.4) is 0 Å².